The van der Waals surface area contributed by atoms with Gasteiger partial charge in [-0.3, -0.25) is 0 Å². The van der Waals surface area contributed by atoms with E-state index >= 15 is 0 Å². The summed E-state index contributed by atoms with van der Waals surface area (Å²) in [5.74, 6) is -1.27. The van der Waals surface area contributed by atoms with Crippen LogP contribution in [-0.2, 0) is 0 Å². The van der Waals surface area contributed by atoms with Crippen LogP contribution in [0.25, 0.3) is 0 Å². The van der Waals surface area contributed by atoms with Crippen LogP contribution in [0.15, 0.2) is 12.1 Å². The Morgan fingerprint density at radius 2 is 1.75 bits per heavy atom. The van der Waals surface area contributed by atoms with E-state index in [0.717, 1.165) is 12.1 Å². The molecule has 0 aliphatic heterocycles. The average molecular weight is 284 g/mol. The Balaban J connectivity index is 3.21. The fourth-order valence-electron chi connectivity index (χ4n) is 0.816. The molecule has 0 bridgehead atoms. The fraction of sp³-hybridized carbons (Fsp3) is 0.250. The van der Waals surface area contributed by atoms with Gasteiger partial charge >= 0.3 is 0 Å². The molecule has 0 amide bonds. The van der Waals surface area contributed by atoms with Gasteiger partial charge in [-0.1, -0.05) is 0 Å². The third-order valence-corrected chi connectivity index (χ3v) is 2.52. The molecule has 4 heteroatoms. The van der Waals surface area contributed by atoms with Crippen molar-refractivity contribution in [2.75, 3.05) is 0 Å². The van der Waals surface area contributed by atoms with Crippen molar-refractivity contribution in [2.45, 2.75) is 13.0 Å². The van der Waals surface area contributed by atoms with Crippen molar-refractivity contribution in [1.82, 2.24) is 0 Å². The molecule has 1 nitrogen and oxygen atoms in total. The molecule has 12 heavy (non-hydrogen) atoms. The molecule has 1 rings (SSSR count). The molecule has 0 saturated carbocycles. The molecule has 66 valence electrons. The number of hydrogen-bond donors (Lipinski definition) is 1. The van der Waals surface area contributed by atoms with Gasteiger partial charge in [-0.05, 0) is 47.2 Å². The topological polar surface area (TPSA) is 20.2 Å². The summed E-state index contributed by atoms with van der Waals surface area (Å²) in [6.07, 6.45) is -0.842. The lowest BCUT2D eigenvalue weighted by Gasteiger charge is -2.05. The normalized spacial score (nSPS) is 13.1. The van der Waals surface area contributed by atoms with Gasteiger partial charge in [0.15, 0.2) is 0 Å². The van der Waals surface area contributed by atoms with Crippen LogP contribution in [0.1, 0.15) is 18.6 Å². The van der Waals surface area contributed by atoms with Gasteiger partial charge in [0.2, 0.25) is 0 Å². The van der Waals surface area contributed by atoms with Gasteiger partial charge in [-0.25, -0.2) is 8.78 Å². The Hall–Kier alpha value is -0.230. The summed E-state index contributed by atoms with van der Waals surface area (Å²) in [4.78, 5) is 0. The van der Waals surface area contributed by atoms with E-state index in [9.17, 15) is 8.78 Å². The van der Waals surface area contributed by atoms with Crippen molar-refractivity contribution in [3.63, 3.8) is 0 Å². The van der Waals surface area contributed by atoms with E-state index in [4.69, 9.17) is 5.11 Å². The highest BCUT2D eigenvalue weighted by Gasteiger charge is 2.10. The second-order valence-electron chi connectivity index (χ2n) is 2.47. The van der Waals surface area contributed by atoms with Crippen LogP contribution < -0.4 is 0 Å². The molecule has 0 aromatic heterocycles. The Morgan fingerprint density at radius 3 is 2.08 bits per heavy atom. The second kappa shape index (κ2) is 3.66. The van der Waals surface area contributed by atoms with Gasteiger partial charge in [0, 0.05) is 0 Å². The van der Waals surface area contributed by atoms with Crippen LogP contribution in [0.5, 0.6) is 0 Å². The van der Waals surface area contributed by atoms with Crippen LogP contribution in [0.2, 0.25) is 0 Å². The first kappa shape index (κ1) is 9.85. The monoisotopic (exact) mass is 284 g/mol. The van der Waals surface area contributed by atoms with Crippen LogP contribution in [0.4, 0.5) is 8.78 Å². The molecular formula is C8H7F2IO. The largest absolute Gasteiger partial charge is 0.389 e. The Labute approximate surface area is 82.5 Å². The highest BCUT2D eigenvalue weighted by molar-refractivity contribution is 14.1. The zero-order valence-electron chi connectivity index (χ0n) is 6.31. The van der Waals surface area contributed by atoms with Gasteiger partial charge in [0.1, 0.15) is 11.6 Å². The highest BCUT2D eigenvalue weighted by atomic mass is 127. The minimum absolute atomic E-state index is 0.0444. The average Bonchev–Trinajstić information content (AvgIpc) is 1.99. The molecule has 1 aromatic carbocycles. The first-order valence-corrected chi connectivity index (χ1v) is 4.42. The quantitative estimate of drug-likeness (QED) is 0.621. The molecule has 0 aliphatic carbocycles. The summed E-state index contributed by atoms with van der Waals surface area (Å²) < 4.78 is 25.6. The first-order valence-electron chi connectivity index (χ1n) is 3.35. The maximum Gasteiger partial charge on any atom is 0.139 e. The van der Waals surface area contributed by atoms with Crippen molar-refractivity contribution in [1.29, 1.82) is 0 Å². The minimum Gasteiger partial charge on any atom is -0.389 e. The zero-order chi connectivity index (χ0) is 9.30. The number of benzene rings is 1. The van der Waals surface area contributed by atoms with Gasteiger partial charge in [-0.2, -0.15) is 0 Å². The predicted molar refractivity (Wildman–Crippen MR) is 49.7 cm³/mol. The van der Waals surface area contributed by atoms with E-state index in [-0.39, 0.29) is 9.13 Å². The minimum atomic E-state index is -0.842. The number of halogens is 3. The number of rotatable bonds is 1. The fourth-order valence-corrected chi connectivity index (χ4v) is 1.13. The van der Waals surface area contributed by atoms with Crippen molar-refractivity contribution >= 4 is 22.6 Å². The Kier molecular flexibility index (Phi) is 3.00. The molecule has 0 unspecified atom stereocenters. The van der Waals surface area contributed by atoms with Gasteiger partial charge in [0.25, 0.3) is 0 Å². The lowest BCUT2D eigenvalue weighted by Crippen LogP contribution is -1.96. The number of hydrogen-bond acceptors (Lipinski definition) is 1. The summed E-state index contributed by atoms with van der Waals surface area (Å²) in [5, 5.41) is 9.03. The van der Waals surface area contributed by atoms with Gasteiger partial charge in [0.05, 0.1) is 9.67 Å². The van der Waals surface area contributed by atoms with Crippen molar-refractivity contribution in [3.8, 4) is 0 Å². The summed E-state index contributed by atoms with van der Waals surface area (Å²) in [5.41, 5.74) is 0.255. The number of aliphatic hydroxyl groups excluding tert-OH is 1. The van der Waals surface area contributed by atoms with E-state index < -0.39 is 17.7 Å². The molecule has 1 aromatic rings. The molecule has 0 heterocycles. The van der Waals surface area contributed by atoms with E-state index in [1.807, 2.05) is 0 Å². The Bertz CT molecular complexity index is 276. The molecule has 0 radical (unpaired) electrons. The summed E-state index contributed by atoms with van der Waals surface area (Å²) in [6.45, 7) is 1.46. The Morgan fingerprint density at radius 1 is 1.33 bits per heavy atom. The van der Waals surface area contributed by atoms with E-state index in [0.29, 0.717) is 0 Å². The molecule has 0 fully saturated rings. The van der Waals surface area contributed by atoms with Crippen LogP contribution >= 0.6 is 22.6 Å². The van der Waals surface area contributed by atoms with Crippen molar-refractivity contribution in [3.05, 3.63) is 32.9 Å². The SMILES string of the molecule is C[C@@H](O)c1cc(F)c(I)c(F)c1. The third kappa shape index (κ3) is 1.92. The lowest BCUT2D eigenvalue weighted by molar-refractivity contribution is 0.198. The third-order valence-electron chi connectivity index (χ3n) is 1.49. The summed E-state index contributed by atoms with van der Waals surface area (Å²) >= 11 is 1.58. The summed E-state index contributed by atoms with van der Waals surface area (Å²) in [6, 6.07) is 2.27. The predicted octanol–water partition coefficient (Wildman–Crippen LogP) is 2.62. The van der Waals surface area contributed by atoms with Crippen molar-refractivity contribution in [2.24, 2.45) is 0 Å². The maximum atomic E-state index is 12.8. The molecule has 0 saturated heterocycles. The van der Waals surface area contributed by atoms with Crippen LogP contribution in [0.3, 0.4) is 0 Å². The smallest absolute Gasteiger partial charge is 0.139 e. The van der Waals surface area contributed by atoms with Crippen LogP contribution in [-0.4, -0.2) is 5.11 Å². The highest BCUT2D eigenvalue weighted by Crippen LogP contribution is 2.20. The van der Waals surface area contributed by atoms with E-state index in [2.05, 4.69) is 0 Å². The number of aliphatic hydroxyl groups is 1. The molecule has 1 N–H and O–H groups in total. The first-order chi connectivity index (χ1) is 5.52. The van der Waals surface area contributed by atoms with Gasteiger partial charge in [-0.15, -0.1) is 0 Å². The maximum absolute atomic E-state index is 12.8. The van der Waals surface area contributed by atoms with Gasteiger partial charge < -0.3 is 5.11 Å². The van der Waals surface area contributed by atoms with Crippen LogP contribution in [0, 0.1) is 15.2 Å². The molecule has 1 atom stereocenters. The summed E-state index contributed by atoms with van der Waals surface area (Å²) in [7, 11) is 0. The zero-order valence-corrected chi connectivity index (χ0v) is 8.47. The lowest BCUT2D eigenvalue weighted by atomic mass is 10.1. The van der Waals surface area contributed by atoms with Crippen molar-refractivity contribution < 1.29 is 13.9 Å². The standard InChI is InChI=1S/C8H7F2IO/c1-4(12)5-2-6(9)8(11)7(10)3-5/h2-4,12H,1H3/t4-/m1/s1. The molecule has 0 aliphatic rings. The molecule has 0 spiro atoms. The van der Waals surface area contributed by atoms with E-state index in [1.54, 1.807) is 22.6 Å². The second-order valence-corrected chi connectivity index (χ2v) is 3.55. The molecular weight excluding hydrogens is 277 g/mol. The van der Waals surface area contributed by atoms with E-state index in [1.165, 1.54) is 6.92 Å².